The Kier molecular flexibility index (Phi) is 9.71. The third kappa shape index (κ3) is 7.43. The third-order valence-corrected chi connectivity index (χ3v) is 8.32. The minimum Gasteiger partial charge on any atom is -0.444 e. The second-order valence-electron chi connectivity index (χ2n) is 14.3. The fourth-order valence-corrected chi connectivity index (χ4v) is 5.87. The Bertz CT molecular complexity index is 1200. The van der Waals surface area contributed by atoms with E-state index in [1.165, 1.54) is 11.1 Å². The summed E-state index contributed by atoms with van der Waals surface area (Å²) in [6, 6.07) is 2.78. The molecule has 2 N–H and O–H groups in total. The molecule has 0 saturated carbocycles. The summed E-state index contributed by atoms with van der Waals surface area (Å²) in [6.07, 6.45) is 1.67. The van der Waals surface area contributed by atoms with Crippen molar-refractivity contribution in [3.05, 3.63) is 28.8 Å². The van der Waals surface area contributed by atoms with E-state index in [4.69, 9.17) is 9.57 Å². The molecule has 1 aliphatic carbocycles. The van der Waals surface area contributed by atoms with Gasteiger partial charge in [0.15, 0.2) is 0 Å². The number of anilines is 1. The van der Waals surface area contributed by atoms with E-state index in [2.05, 4.69) is 45.1 Å². The Hall–Kier alpha value is -3.14. The molecule has 1 unspecified atom stereocenters. The van der Waals surface area contributed by atoms with E-state index in [0.717, 1.165) is 24.1 Å². The lowest BCUT2D eigenvalue weighted by Crippen LogP contribution is -2.48. The number of amides is 3. The molecular weight excluding hydrogens is 538 g/mol. The van der Waals surface area contributed by atoms with Crippen LogP contribution in [0.3, 0.4) is 0 Å². The van der Waals surface area contributed by atoms with Gasteiger partial charge in [0, 0.05) is 25.6 Å². The number of hydrogen-bond donors (Lipinski definition) is 2. The van der Waals surface area contributed by atoms with Crippen LogP contribution in [0.15, 0.2) is 12.1 Å². The van der Waals surface area contributed by atoms with Crippen molar-refractivity contribution < 1.29 is 33.9 Å². The molecule has 1 aromatic carbocycles. The number of hydrogen-bond acceptors (Lipinski definition) is 8. The van der Waals surface area contributed by atoms with Crippen molar-refractivity contribution in [3.8, 4) is 0 Å². The molecule has 1 aromatic rings. The summed E-state index contributed by atoms with van der Waals surface area (Å²) in [4.78, 5) is 57.6. The van der Waals surface area contributed by atoms with Crippen LogP contribution in [0.2, 0.25) is 0 Å². The molecule has 1 saturated heterocycles. The zero-order chi connectivity index (χ0) is 31.8. The Labute approximate surface area is 250 Å². The van der Waals surface area contributed by atoms with Gasteiger partial charge in [-0.15, -0.1) is 5.06 Å². The molecule has 1 heterocycles. The molecule has 3 amide bonds. The van der Waals surface area contributed by atoms with Gasteiger partial charge in [0.05, 0.1) is 12.6 Å². The number of hydroxylamine groups is 2. The summed E-state index contributed by atoms with van der Waals surface area (Å²) in [6.45, 7) is 17.6. The van der Waals surface area contributed by atoms with Crippen molar-refractivity contribution in [2.75, 3.05) is 18.6 Å². The molecule has 1 aliphatic heterocycles. The van der Waals surface area contributed by atoms with Crippen LogP contribution in [0.4, 0.5) is 10.5 Å². The molecular formula is C32H49N3O7. The number of likely N-dealkylation sites (N-methyl/N-ethyl adjacent to an activating group) is 1. The van der Waals surface area contributed by atoms with Gasteiger partial charge in [0.1, 0.15) is 11.6 Å². The van der Waals surface area contributed by atoms with Crippen LogP contribution in [0.5, 0.6) is 0 Å². The average Bonchev–Trinajstić information content (AvgIpc) is 3.16. The molecule has 42 heavy (non-hydrogen) atoms. The molecule has 2 atom stereocenters. The number of carbonyl (C=O) groups is 4. The summed E-state index contributed by atoms with van der Waals surface area (Å²) < 4.78 is 5.43. The monoisotopic (exact) mass is 587 g/mol. The van der Waals surface area contributed by atoms with Crippen molar-refractivity contribution in [1.82, 2.24) is 10.4 Å². The quantitative estimate of drug-likeness (QED) is 0.404. The molecule has 0 bridgehead atoms. The number of benzene rings is 1. The number of nitrogens with zero attached hydrogens (tertiary/aromatic N) is 2. The molecule has 10 heteroatoms. The zero-order valence-corrected chi connectivity index (χ0v) is 26.9. The summed E-state index contributed by atoms with van der Waals surface area (Å²) in [5.74, 6) is -2.01. The van der Waals surface area contributed by atoms with Crippen LogP contribution in [-0.4, -0.2) is 65.4 Å². The van der Waals surface area contributed by atoms with Crippen LogP contribution < -0.4 is 10.2 Å². The van der Waals surface area contributed by atoms with Gasteiger partial charge in [-0.25, -0.2) is 9.59 Å². The van der Waals surface area contributed by atoms with Gasteiger partial charge in [-0.1, -0.05) is 47.6 Å². The minimum atomic E-state index is -0.825. The van der Waals surface area contributed by atoms with E-state index in [9.17, 15) is 24.3 Å². The van der Waals surface area contributed by atoms with E-state index in [1.807, 2.05) is 18.7 Å². The first-order chi connectivity index (χ1) is 19.3. The predicted molar refractivity (Wildman–Crippen MR) is 160 cm³/mol. The van der Waals surface area contributed by atoms with Crippen LogP contribution in [0.1, 0.15) is 105 Å². The number of carbonyl (C=O) groups excluding carboxylic acids is 4. The normalized spacial score (nSPS) is 19.3. The fourth-order valence-electron chi connectivity index (χ4n) is 5.87. The van der Waals surface area contributed by atoms with Gasteiger partial charge in [-0.05, 0) is 79.5 Å². The highest BCUT2D eigenvalue weighted by atomic mass is 16.7. The lowest BCUT2D eigenvalue weighted by Gasteiger charge is -2.43. The Morgan fingerprint density at radius 1 is 1.02 bits per heavy atom. The van der Waals surface area contributed by atoms with Crippen LogP contribution >= 0.6 is 0 Å². The first kappa shape index (κ1) is 33.4. The maximum atomic E-state index is 13.5. The van der Waals surface area contributed by atoms with E-state index < -0.39 is 41.6 Å². The molecule has 1 fully saturated rings. The maximum Gasteiger partial charge on any atom is 0.407 e. The molecule has 3 rings (SSSR count). The maximum absolute atomic E-state index is 13.5. The fraction of sp³-hybridized carbons (Fsp3) is 0.688. The standard InChI is InChI=1S/C32H49N3O7/c1-19(2)27(28(39)42-35-25(37)11-12-26(35)38)34(10)24-17-23-22(31(6,7)13-14-32(23,8)9)16-20(24)15-21(18-36)33-29(40)41-30(3,4)5/h16-17,19,21,27,36H,11-15,18H2,1-10H3,(H,33,40)/t21?,27-/m0/s1. The lowest BCUT2D eigenvalue weighted by atomic mass is 9.62. The Morgan fingerprint density at radius 3 is 2.02 bits per heavy atom. The molecule has 0 spiro atoms. The van der Waals surface area contributed by atoms with Crippen molar-refractivity contribution in [2.45, 2.75) is 123 Å². The van der Waals surface area contributed by atoms with E-state index in [1.54, 1.807) is 27.8 Å². The summed E-state index contributed by atoms with van der Waals surface area (Å²) in [7, 11) is 1.79. The van der Waals surface area contributed by atoms with Crippen molar-refractivity contribution in [2.24, 2.45) is 5.92 Å². The second kappa shape index (κ2) is 12.2. The number of rotatable bonds is 9. The van der Waals surface area contributed by atoms with E-state index in [0.29, 0.717) is 5.06 Å². The number of imide groups is 1. The van der Waals surface area contributed by atoms with Gasteiger partial charge >= 0.3 is 12.1 Å². The molecule has 10 nitrogen and oxygen atoms in total. The highest BCUT2D eigenvalue weighted by Gasteiger charge is 2.41. The predicted octanol–water partition coefficient (Wildman–Crippen LogP) is 4.53. The summed E-state index contributed by atoms with van der Waals surface area (Å²) in [5.41, 5.74) is 3.04. The van der Waals surface area contributed by atoms with Crippen LogP contribution in [0, 0.1) is 5.92 Å². The van der Waals surface area contributed by atoms with Gasteiger partial charge in [-0.2, -0.15) is 0 Å². The van der Waals surface area contributed by atoms with Crippen molar-refractivity contribution in [3.63, 3.8) is 0 Å². The largest absolute Gasteiger partial charge is 0.444 e. The molecule has 2 aliphatic rings. The molecule has 234 valence electrons. The number of aliphatic hydroxyl groups is 1. The highest BCUT2D eigenvalue weighted by molar-refractivity contribution is 6.02. The Balaban J connectivity index is 2.08. The number of alkyl carbamates (subject to hydrolysis) is 1. The topological polar surface area (TPSA) is 125 Å². The lowest BCUT2D eigenvalue weighted by molar-refractivity contribution is -0.199. The highest BCUT2D eigenvalue weighted by Crippen LogP contribution is 2.48. The van der Waals surface area contributed by atoms with Crippen molar-refractivity contribution in [1.29, 1.82) is 0 Å². The van der Waals surface area contributed by atoms with E-state index >= 15 is 0 Å². The number of aliphatic hydroxyl groups excluding tert-OH is 1. The Morgan fingerprint density at radius 2 is 1.55 bits per heavy atom. The molecule has 0 aromatic heterocycles. The van der Waals surface area contributed by atoms with Gasteiger partial charge in [0.25, 0.3) is 11.8 Å². The van der Waals surface area contributed by atoms with Gasteiger partial charge < -0.3 is 24.9 Å². The average molecular weight is 588 g/mol. The number of ether oxygens (including phenoxy) is 1. The first-order valence-corrected chi connectivity index (χ1v) is 14.9. The second-order valence-corrected chi connectivity index (χ2v) is 14.3. The van der Waals surface area contributed by atoms with Crippen LogP contribution in [-0.2, 0) is 41.2 Å². The van der Waals surface area contributed by atoms with E-state index in [-0.39, 0.29) is 42.6 Å². The summed E-state index contributed by atoms with van der Waals surface area (Å²) >= 11 is 0. The van der Waals surface area contributed by atoms with Gasteiger partial charge in [0.2, 0.25) is 0 Å². The third-order valence-electron chi connectivity index (χ3n) is 8.32. The first-order valence-electron chi connectivity index (χ1n) is 14.9. The van der Waals surface area contributed by atoms with Crippen molar-refractivity contribution >= 4 is 29.6 Å². The SMILES string of the molecule is CC(C)[C@@H](C(=O)ON1C(=O)CCC1=O)N(C)c1cc2c(cc1CC(CO)NC(=O)OC(C)(C)C)C(C)(C)CCC2(C)C. The molecule has 0 radical (unpaired) electrons. The number of nitrogens with one attached hydrogen (secondary N) is 1. The van der Waals surface area contributed by atoms with Crippen LogP contribution in [0.25, 0.3) is 0 Å². The minimum absolute atomic E-state index is 0.0152. The smallest absolute Gasteiger partial charge is 0.407 e. The zero-order valence-electron chi connectivity index (χ0n) is 26.9. The summed E-state index contributed by atoms with van der Waals surface area (Å²) in [5, 5.41) is 13.6. The van der Waals surface area contributed by atoms with Gasteiger partial charge in [-0.3, -0.25) is 9.59 Å². The number of fused-ring (bicyclic) bond motifs is 1.